The summed E-state index contributed by atoms with van der Waals surface area (Å²) in [5.74, 6) is 0.585. The van der Waals surface area contributed by atoms with Gasteiger partial charge in [-0.15, -0.1) is 0 Å². The van der Waals surface area contributed by atoms with E-state index in [1.54, 1.807) is 0 Å². The van der Waals surface area contributed by atoms with Crippen LogP contribution in [0.25, 0.3) is 0 Å². The molecule has 0 aliphatic carbocycles. The third-order valence-corrected chi connectivity index (χ3v) is 3.76. The van der Waals surface area contributed by atoms with Gasteiger partial charge in [0.1, 0.15) is 5.75 Å². The number of carbonyl (C=O) groups is 1. The van der Waals surface area contributed by atoms with Crippen LogP contribution in [0.1, 0.15) is 32.3 Å². The molecule has 0 aromatic heterocycles. The van der Waals surface area contributed by atoms with E-state index >= 15 is 0 Å². The molecule has 0 fully saturated rings. The fraction of sp³-hybridized carbons (Fsp3) is 0.533. The molecule has 1 aromatic rings. The zero-order chi connectivity index (χ0) is 15.0. The van der Waals surface area contributed by atoms with E-state index in [2.05, 4.69) is 35.1 Å². The molecule has 0 bridgehead atoms. The van der Waals surface area contributed by atoms with Gasteiger partial charge < -0.3 is 15.8 Å². The molecule has 0 radical (unpaired) electrons. The number of ether oxygens (including phenoxy) is 1. The van der Waals surface area contributed by atoms with Crippen LogP contribution in [0.15, 0.2) is 22.7 Å². The predicted molar refractivity (Wildman–Crippen MR) is 84.9 cm³/mol. The van der Waals surface area contributed by atoms with Gasteiger partial charge in [-0.05, 0) is 59.4 Å². The molecule has 112 valence electrons. The van der Waals surface area contributed by atoms with E-state index < -0.39 is 0 Å². The standard InChI is InChI=1S/C15H23BrN2O2/c1-3-12(4-2)18-15(19)10-20-14-6-5-11(7-8-17)9-13(14)16/h5-6,9,12H,3-4,7-8,10,17H2,1-2H3,(H,18,19). The largest absolute Gasteiger partial charge is 0.483 e. The zero-order valence-corrected chi connectivity index (χ0v) is 13.7. The van der Waals surface area contributed by atoms with Crippen LogP contribution < -0.4 is 15.8 Å². The smallest absolute Gasteiger partial charge is 0.258 e. The van der Waals surface area contributed by atoms with Crippen molar-refractivity contribution in [1.82, 2.24) is 5.32 Å². The molecule has 1 rings (SSSR count). The van der Waals surface area contributed by atoms with Gasteiger partial charge in [0.15, 0.2) is 6.61 Å². The molecule has 0 spiro atoms. The lowest BCUT2D eigenvalue weighted by atomic mass is 10.1. The molecule has 1 amide bonds. The van der Waals surface area contributed by atoms with Gasteiger partial charge in [-0.2, -0.15) is 0 Å². The Labute approximate surface area is 129 Å². The quantitative estimate of drug-likeness (QED) is 0.763. The average Bonchev–Trinajstić information content (AvgIpc) is 2.44. The van der Waals surface area contributed by atoms with E-state index in [-0.39, 0.29) is 18.6 Å². The van der Waals surface area contributed by atoms with Crippen LogP contribution in [0.2, 0.25) is 0 Å². The molecule has 0 aliphatic heterocycles. The first kappa shape index (κ1) is 17.0. The van der Waals surface area contributed by atoms with E-state index in [9.17, 15) is 4.79 Å². The van der Waals surface area contributed by atoms with E-state index in [0.717, 1.165) is 29.3 Å². The number of hydrogen-bond acceptors (Lipinski definition) is 3. The second-order valence-corrected chi connectivity index (χ2v) is 5.53. The molecular formula is C15H23BrN2O2. The highest BCUT2D eigenvalue weighted by Gasteiger charge is 2.10. The van der Waals surface area contributed by atoms with Crippen molar-refractivity contribution in [3.63, 3.8) is 0 Å². The highest BCUT2D eigenvalue weighted by atomic mass is 79.9. The Kier molecular flexibility index (Phi) is 7.62. The van der Waals surface area contributed by atoms with Crippen molar-refractivity contribution in [2.24, 2.45) is 5.73 Å². The average molecular weight is 343 g/mol. The predicted octanol–water partition coefficient (Wildman–Crippen LogP) is 2.63. The summed E-state index contributed by atoms with van der Waals surface area (Å²) in [6, 6.07) is 6.02. The molecule has 3 N–H and O–H groups in total. The van der Waals surface area contributed by atoms with Gasteiger partial charge in [0.2, 0.25) is 0 Å². The highest BCUT2D eigenvalue weighted by molar-refractivity contribution is 9.10. The van der Waals surface area contributed by atoms with Crippen molar-refractivity contribution < 1.29 is 9.53 Å². The van der Waals surface area contributed by atoms with Gasteiger partial charge in [0.25, 0.3) is 5.91 Å². The Morgan fingerprint density at radius 2 is 2.10 bits per heavy atom. The molecule has 0 unspecified atom stereocenters. The van der Waals surface area contributed by atoms with Gasteiger partial charge in [-0.1, -0.05) is 19.9 Å². The Balaban J connectivity index is 2.51. The number of amides is 1. The third kappa shape index (κ3) is 5.51. The monoisotopic (exact) mass is 342 g/mol. The van der Waals surface area contributed by atoms with Crippen molar-refractivity contribution in [2.75, 3.05) is 13.2 Å². The lowest BCUT2D eigenvalue weighted by Crippen LogP contribution is -2.37. The molecule has 0 heterocycles. The number of halogens is 1. The summed E-state index contributed by atoms with van der Waals surface area (Å²) in [5.41, 5.74) is 6.67. The SMILES string of the molecule is CCC(CC)NC(=O)COc1ccc(CCN)cc1Br. The molecule has 0 atom stereocenters. The number of nitrogens with two attached hydrogens (primary N) is 1. The Hall–Kier alpha value is -1.07. The van der Waals surface area contributed by atoms with Gasteiger partial charge in [-0.3, -0.25) is 4.79 Å². The van der Waals surface area contributed by atoms with Crippen molar-refractivity contribution in [3.05, 3.63) is 28.2 Å². The lowest BCUT2D eigenvalue weighted by molar-refractivity contribution is -0.123. The molecule has 0 saturated carbocycles. The maximum absolute atomic E-state index is 11.8. The minimum atomic E-state index is -0.0864. The Morgan fingerprint density at radius 3 is 2.65 bits per heavy atom. The van der Waals surface area contributed by atoms with Crippen LogP contribution in [0.5, 0.6) is 5.75 Å². The van der Waals surface area contributed by atoms with E-state index in [1.165, 1.54) is 0 Å². The van der Waals surface area contributed by atoms with Gasteiger partial charge >= 0.3 is 0 Å². The minimum absolute atomic E-state index is 0.0331. The molecule has 0 aliphatic rings. The van der Waals surface area contributed by atoms with Crippen LogP contribution in [-0.4, -0.2) is 25.1 Å². The summed E-state index contributed by atoms with van der Waals surface area (Å²) in [6.45, 7) is 4.76. The van der Waals surface area contributed by atoms with Crippen LogP contribution >= 0.6 is 15.9 Å². The fourth-order valence-corrected chi connectivity index (χ4v) is 2.43. The summed E-state index contributed by atoms with van der Waals surface area (Å²) in [6.07, 6.45) is 2.69. The second kappa shape index (κ2) is 8.97. The normalized spacial score (nSPS) is 10.7. The van der Waals surface area contributed by atoms with E-state index in [1.807, 2.05) is 18.2 Å². The van der Waals surface area contributed by atoms with Crippen molar-refractivity contribution in [2.45, 2.75) is 39.2 Å². The topological polar surface area (TPSA) is 64.3 Å². The van der Waals surface area contributed by atoms with Crippen LogP contribution in [0.4, 0.5) is 0 Å². The number of carbonyl (C=O) groups excluding carboxylic acids is 1. The summed E-state index contributed by atoms with van der Waals surface area (Å²) >= 11 is 3.45. The van der Waals surface area contributed by atoms with Crippen LogP contribution in [0, 0.1) is 0 Å². The summed E-state index contributed by atoms with van der Waals surface area (Å²) in [4.78, 5) is 11.8. The first-order valence-electron chi connectivity index (χ1n) is 7.01. The van der Waals surface area contributed by atoms with Gasteiger partial charge in [0, 0.05) is 6.04 Å². The number of nitrogens with one attached hydrogen (secondary N) is 1. The first-order chi connectivity index (χ1) is 9.60. The third-order valence-electron chi connectivity index (χ3n) is 3.14. The molecule has 20 heavy (non-hydrogen) atoms. The molecule has 5 heteroatoms. The molecule has 0 saturated heterocycles. The lowest BCUT2D eigenvalue weighted by Gasteiger charge is -2.15. The Bertz CT molecular complexity index is 434. The maximum Gasteiger partial charge on any atom is 0.258 e. The minimum Gasteiger partial charge on any atom is -0.483 e. The second-order valence-electron chi connectivity index (χ2n) is 4.67. The van der Waals surface area contributed by atoms with Crippen molar-refractivity contribution >= 4 is 21.8 Å². The summed E-state index contributed by atoms with van der Waals surface area (Å²) < 4.78 is 6.38. The van der Waals surface area contributed by atoms with Gasteiger partial charge in [0.05, 0.1) is 4.47 Å². The molecule has 4 nitrogen and oxygen atoms in total. The summed E-state index contributed by atoms with van der Waals surface area (Å²) in [7, 11) is 0. The van der Waals surface area contributed by atoms with Crippen LogP contribution in [0.3, 0.4) is 0 Å². The van der Waals surface area contributed by atoms with Crippen LogP contribution in [-0.2, 0) is 11.2 Å². The summed E-state index contributed by atoms with van der Waals surface area (Å²) in [5, 5.41) is 2.94. The maximum atomic E-state index is 11.8. The molecule has 1 aromatic carbocycles. The highest BCUT2D eigenvalue weighted by Crippen LogP contribution is 2.26. The van der Waals surface area contributed by atoms with E-state index in [4.69, 9.17) is 10.5 Å². The van der Waals surface area contributed by atoms with E-state index in [0.29, 0.717) is 12.3 Å². The number of hydrogen-bond donors (Lipinski definition) is 2. The fourth-order valence-electron chi connectivity index (χ4n) is 1.89. The number of rotatable bonds is 8. The Morgan fingerprint density at radius 1 is 1.40 bits per heavy atom. The molecular weight excluding hydrogens is 320 g/mol. The first-order valence-corrected chi connectivity index (χ1v) is 7.80. The number of benzene rings is 1. The van der Waals surface area contributed by atoms with Crippen molar-refractivity contribution in [3.8, 4) is 5.75 Å². The van der Waals surface area contributed by atoms with Crippen molar-refractivity contribution in [1.29, 1.82) is 0 Å². The zero-order valence-electron chi connectivity index (χ0n) is 12.1. The van der Waals surface area contributed by atoms with Gasteiger partial charge in [-0.25, -0.2) is 0 Å².